The number of epoxide rings is 1. The molecule has 0 amide bonds. The lowest BCUT2D eigenvalue weighted by Gasteiger charge is -2.01. The molecule has 1 aliphatic rings. The minimum Gasteiger partial charge on any atom is -0.481 e. The van der Waals surface area contributed by atoms with E-state index in [2.05, 4.69) is 4.74 Å². The highest BCUT2D eigenvalue weighted by Crippen LogP contribution is 2.25. The topological polar surface area (TPSA) is 104 Å². The maximum absolute atomic E-state index is 10.4. The van der Waals surface area contributed by atoms with E-state index < -0.39 is 36.4 Å². The van der Waals surface area contributed by atoms with Crippen LogP contribution < -0.4 is 0 Å². The van der Waals surface area contributed by atoms with Gasteiger partial charge in [-0.15, -0.1) is 0 Å². The molecule has 6 heteroatoms. The van der Waals surface area contributed by atoms with Crippen LogP contribution in [0.5, 0.6) is 0 Å². The van der Waals surface area contributed by atoms with E-state index in [1.807, 2.05) is 0 Å². The van der Waals surface area contributed by atoms with Crippen molar-refractivity contribution in [2.24, 2.45) is 5.92 Å². The van der Waals surface area contributed by atoms with Crippen LogP contribution in [0.15, 0.2) is 0 Å². The number of cyclic esters (lactones) is 1. The second kappa shape index (κ2) is 2.80. The van der Waals surface area contributed by atoms with Crippen LogP contribution in [-0.4, -0.2) is 34.2 Å². The van der Waals surface area contributed by atoms with E-state index in [4.69, 9.17) is 10.2 Å². The first-order valence-electron chi connectivity index (χ1n) is 3.17. The van der Waals surface area contributed by atoms with E-state index in [0.29, 0.717) is 0 Å². The zero-order valence-corrected chi connectivity index (χ0v) is 5.89. The van der Waals surface area contributed by atoms with Crippen LogP contribution in [-0.2, 0) is 19.1 Å². The van der Waals surface area contributed by atoms with Crippen LogP contribution in [0, 0.1) is 5.92 Å². The molecule has 66 valence electrons. The minimum absolute atomic E-state index is 0.592. The van der Waals surface area contributed by atoms with Gasteiger partial charge in [0.15, 0.2) is 0 Å². The van der Waals surface area contributed by atoms with Crippen LogP contribution in [0.4, 0.5) is 0 Å². The molecule has 2 unspecified atom stereocenters. The molecule has 2 atom stereocenters. The van der Waals surface area contributed by atoms with Crippen LogP contribution in [0.2, 0.25) is 0 Å². The molecule has 0 aromatic rings. The molecular weight excluding hydrogens is 168 g/mol. The first-order chi connectivity index (χ1) is 5.52. The Balaban J connectivity index is 2.56. The molecule has 12 heavy (non-hydrogen) atoms. The van der Waals surface area contributed by atoms with Gasteiger partial charge in [0.25, 0.3) is 0 Å². The maximum atomic E-state index is 10.4. The summed E-state index contributed by atoms with van der Waals surface area (Å²) in [5.74, 6) is -4.49. The summed E-state index contributed by atoms with van der Waals surface area (Å²) in [5.41, 5.74) is 0. The zero-order chi connectivity index (χ0) is 9.30. The number of carboxylic acids is 2. The number of carbonyl (C=O) groups excluding carboxylic acids is 1. The predicted octanol–water partition coefficient (Wildman–Crippen LogP) is -0.913. The largest absolute Gasteiger partial charge is 0.481 e. The molecule has 0 spiro atoms. The number of carboxylic acid groups (broad SMARTS) is 2. The summed E-state index contributed by atoms with van der Waals surface area (Å²) in [7, 11) is 0. The third kappa shape index (κ3) is 1.71. The van der Waals surface area contributed by atoms with E-state index in [-0.39, 0.29) is 0 Å². The predicted molar refractivity (Wildman–Crippen MR) is 33.3 cm³/mol. The van der Waals surface area contributed by atoms with Crippen LogP contribution in [0.3, 0.4) is 0 Å². The summed E-state index contributed by atoms with van der Waals surface area (Å²) in [5, 5.41) is 16.7. The quantitative estimate of drug-likeness (QED) is 0.534. The van der Waals surface area contributed by atoms with Crippen molar-refractivity contribution in [3.05, 3.63) is 0 Å². The fourth-order valence-corrected chi connectivity index (χ4v) is 0.849. The van der Waals surface area contributed by atoms with Gasteiger partial charge in [0, 0.05) is 0 Å². The second-order valence-corrected chi connectivity index (χ2v) is 2.40. The van der Waals surface area contributed by atoms with Gasteiger partial charge < -0.3 is 14.9 Å². The maximum Gasteiger partial charge on any atom is 0.349 e. The van der Waals surface area contributed by atoms with E-state index >= 15 is 0 Å². The molecule has 0 radical (unpaired) electrons. The van der Waals surface area contributed by atoms with Gasteiger partial charge >= 0.3 is 17.9 Å². The Morgan fingerprint density at radius 1 is 1.50 bits per heavy atom. The van der Waals surface area contributed by atoms with Crippen LogP contribution in [0.25, 0.3) is 0 Å². The van der Waals surface area contributed by atoms with Gasteiger partial charge in [0.1, 0.15) is 5.92 Å². The number of rotatable bonds is 4. The normalized spacial score (nSPS) is 22.7. The van der Waals surface area contributed by atoms with Crippen LogP contribution >= 0.6 is 0 Å². The lowest BCUT2D eigenvalue weighted by Crippen LogP contribution is -2.23. The highest BCUT2D eigenvalue weighted by Gasteiger charge is 2.49. The molecule has 0 aliphatic carbocycles. The highest BCUT2D eigenvalue weighted by atomic mass is 16.6. The Kier molecular flexibility index (Phi) is 1.99. The molecule has 1 fully saturated rings. The van der Waals surface area contributed by atoms with Gasteiger partial charge in [-0.3, -0.25) is 9.59 Å². The van der Waals surface area contributed by atoms with Gasteiger partial charge in [0.05, 0.1) is 6.42 Å². The van der Waals surface area contributed by atoms with Crippen molar-refractivity contribution in [3.8, 4) is 0 Å². The molecule has 1 heterocycles. The Bertz CT molecular complexity index is 244. The molecule has 1 rings (SSSR count). The lowest BCUT2D eigenvalue weighted by molar-refractivity contribution is -0.149. The van der Waals surface area contributed by atoms with E-state index in [1.54, 1.807) is 0 Å². The molecular formula is C6H6O6. The highest BCUT2D eigenvalue weighted by molar-refractivity contribution is 5.94. The van der Waals surface area contributed by atoms with Gasteiger partial charge in [0.2, 0.25) is 6.10 Å². The summed E-state index contributed by atoms with van der Waals surface area (Å²) >= 11 is 0. The van der Waals surface area contributed by atoms with Crippen molar-refractivity contribution in [3.63, 3.8) is 0 Å². The Labute approximate surface area is 66.7 Å². The number of hydrogen-bond acceptors (Lipinski definition) is 4. The van der Waals surface area contributed by atoms with Crippen molar-refractivity contribution in [2.75, 3.05) is 0 Å². The first-order valence-corrected chi connectivity index (χ1v) is 3.17. The summed E-state index contributed by atoms with van der Waals surface area (Å²) in [6, 6.07) is 0. The summed E-state index contributed by atoms with van der Waals surface area (Å²) in [6.07, 6.45) is -1.65. The molecule has 2 N–H and O–H groups in total. The summed E-state index contributed by atoms with van der Waals surface area (Å²) in [6.45, 7) is 0. The number of hydrogen-bond donors (Lipinski definition) is 2. The third-order valence-electron chi connectivity index (χ3n) is 1.50. The number of aliphatic carboxylic acids is 2. The molecule has 0 aromatic carbocycles. The van der Waals surface area contributed by atoms with Crippen molar-refractivity contribution in [1.29, 1.82) is 0 Å². The monoisotopic (exact) mass is 174 g/mol. The Hall–Kier alpha value is -1.59. The SMILES string of the molecule is O=C(O)CC(C(=O)O)C1OC1=O. The molecule has 0 saturated carbocycles. The molecule has 1 saturated heterocycles. The van der Waals surface area contributed by atoms with Gasteiger partial charge in [-0.1, -0.05) is 0 Å². The van der Waals surface area contributed by atoms with E-state index in [0.717, 1.165) is 0 Å². The molecule has 0 bridgehead atoms. The Morgan fingerprint density at radius 3 is 2.25 bits per heavy atom. The number of carbonyl (C=O) groups is 3. The van der Waals surface area contributed by atoms with Crippen molar-refractivity contribution in [1.82, 2.24) is 0 Å². The van der Waals surface area contributed by atoms with Crippen molar-refractivity contribution >= 4 is 17.9 Å². The first kappa shape index (κ1) is 8.51. The fourth-order valence-electron chi connectivity index (χ4n) is 0.849. The van der Waals surface area contributed by atoms with Crippen molar-refractivity contribution in [2.45, 2.75) is 12.5 Å². The van der Waals surface area contributed by atoms with Gasteiger partial charge in [-0.25, -0.2) is 4.79 Å². The van der Waals surface area contributed by atoms with Gasteiger partial charge in [-0.05, 0) is 0 Å². The average Bonchev–Trinajstić information content (AvgIpc) is 2.61. The van der Waals surface area contributed by atoms with Crippen molar-refractivity contribution < 1.29 is 29.3 Å². The zero-order valence-electron chi connectivity index (χ0n) is 5.89. The molecule has 0 aromatic heterocycles. The smallest absolute Gasteiger partial charge is 0.349 e. The second-order valence-electron chi connectivity index (χ2n) is 2.40. The molecule has 6 nitrogen and oxygen atoms in total. The standard InChI is InChI=1S/C6H6O6/c7-3(8)1-2(5(9)10)4-6(11)12-4/h2,4H,1H2,(H,7,8)(H,9,10). The van der Waals surface area contributed by atoms with Crippen LogP contribution in [0.1, 0.15) is 6.42 Å². The Morgan fingerprint density at radius 2 is 2.00 bits per heavy atom. The van der Waals surface area contributed by atoms with E-state index in [9.17, 15) is 14.4 Å². The average molecular weight is 174 g/mol. The number of ether oxygens (including phenoxy) is 1. The van der Waals surface area contributed by atoms with Gasteiger partial charge in [-0.2, -0.15) is 0 Å². The lowest BCUT2D eigenvalue weighted by atomic mass is 10.0. The summed E-state index contributed by atoms with van der Waals surface area (Å²) in [4.78, 5) is 30.8. The molecule has 1 aliphatic heterocycles. The fraction of sp³-hybridized carbons (Fsp3) is 0.500. The third-order valence-corrected chi connectivity index (χ3v) is 1.50. The minimum atomic E-state index is -1.33. The summed E-state index contributed by atoms with van der Waals surface area (Å²) < 4.78 is 4.26. The van der Waals surface area contributed by atoms with E-state index in [1.165, 1.54) is 0 Å².